The topological polar surface area (TPSA) is 139 Å². The Morgan fingerprint density at radius 1 is 1.07 bits per heavy atom. The summed E-state index contributed by atoms with van der Waals surface area (Å²) in [6.45, 7) is 2.35. The second-order valence-electron chi connectivity index (χ2n) is 7.69. The number of carbonyl (C=O) groups is 1. The van der Waals surface area contributed by atoms with Crippen LogP contribution >= 0.6 is 0 Å². The average Bonchev–Trinajstić information content (AvgIpc) is 2.94. The molecule has 9 nitrogen and oxygen atoms in total. The molecule has 0 bridgehead atoms. The Kier molecular flexibility index (Phi) is 9.20. The van der Waals surface area contributed by atoms with Crippen LogP contribution in [0.2, 0.25) is 0 Å². The monoisotopic (exact) mass is 443 g/mol. The molecule has 1 aliphatic heterocycles. The molecule has 1 aromatic carbocycles. The molecule has 1 fully saturated rings. The second-order valence-corrected chi connectivity index (χ2v) is 9.45. The van der Waals surface area contributed by atoms with Gasteiger partial charge >= 0.3 is 0 Å². The lowest BCUT2D eigenvalue weighted by molar-refractivity contribution is -0.122. The molecule has 1 heterocycles. The van der Waals surface area contributed by atoms with Gasteiger partial charge in [0.1, 0.15) is 0 Å². The molecule has 0 spiro atoms. The maximum atomic E-state index is 12.3. The fraction of sp³-hybridized carbons (Fsp3) is 0.650. The first-order valence-corrected chi connectivity index (χ1v) is 11.7. The molecule has 0 unspecified atom stereocenters. The Labute approximate surface area is 178 Å². The quantitative estimate of drug-likeness (QED) is 0.286. The summed E-state index contributed by atoms with van der Waals surface area (Å²) in [6.07, 6.45) is -0.196. The van der Waals surface area contributed by atoms with Crippen LogP contribution in [-0.2, 0) is 14.8 Å². The lowest BCUT2D eigenvalue weighted by Crippen LogP contribution is -2.43. The number of aliphatic hydroxyl groups excluding tert-OH is 3. The van der Waals surface area contributed by atoms with Crippen molar-refractivity contribution in [3.8, 4) is 0 Å². The van der Waals surface area contributed by atoms with Gasteiger partial charge in [0, 0.05) is 26.1 Å². The van der Waals surface area contributed by atoms with Crippen molar-refractivity contribution in [2.45, 2.75) is 61.8 Å². The Hall–Kier alpha value is -1.56. The van der Waals surface area contributed by atoms with Crippen molar-refractivity contribution >= 4 is 15.9 Å². The molecule has 1 saturated heterocycles. The number of hydrogen-bond donors (Lipinski definition) is 5. The number of likely N-dealkylation sites (tertiary alicyclic amines) is 1. The molecule has 1 aromatic rings. The first kappa shape index (κ1) is 24.7. The van der Waals surface area contributed by atoms with Gasteiger partial charge in [-0.15, -0.1) is 0 Å². The van der Waals surface area contributed by atoms with E-state index in [1.165, 1.54) is 7.05 Å². The van der Waals surface area contributed by atoms with Crippen LogP contribution in [0, 0.1) is 6.92 Å². The zero-order valence-electron chi connectivity index (χ0n) is 17.5. The number of unbranched alkanes of at least 4 members (excludes halogenated alkanes) is 2. The summed E-state index contributed by atoms with van der Waals surface area (Å²) < 4.78 is 27.1. The standard InChI is InChI=1S/C20H33N3O6S/c1-14-6-8-15(9-7-14)30(28,29)22-10-4-3-5-11-23-16(12-18(25)21-2)19(26)20(27)17(23)13-24/h6-9,16-17,19-20,22,24,26-27H,3-5,10-13H2,1-2H3,(H,21,25)/t16-,17-,19+,20-/m1/s1. The minimum atomic E-state index is -3.54. The zero-order valence-corrected chi connectivity index (χ0v) is 18.3. The molecule has 0 aliphatic carbocycles. The number of aliphatic hydroxyl groups is 3. The third-order valence-electron chi connectivity index (χ3n) is 5.57. The number of nitrogens with zero attached hydrogens (tertiary/aromatic N) is 1. The van der Waals surface area contributed by atoms with Gasteiger partial charge in [-0.3, -0.25) is 9.69 Å². The van der Waals surface area contributed by atoms with Crippen molar-refractivity contribution in [2.24, 2.45) is 0 Å². The van der Waals surface area contributed by atoms with E-state index in [9.17, 15) is 28.5 Å². The van der Waals surface area contributed by atoms with Gasteiger partial charge in [0.15, 0.2) is 0 Å². The number of carbonyl (C=O) groups excluding carboxylic acids is 1. The van der Waals surface area contributed by atoms with Crippen molar-refractivity contribution in [2.75, 3.05) is 26.7 Å². The first-order valence-electron chi connectivity index (χ1n) is 10.2. The largest absolute Gasteiger partial charge is 0.395 e. The van der Waals surface area contributed by atoms with Crippen molar-refractivity contribution in [3.05, 3.63) is 29.8 Å². The summed E-state index contributed by atoms with van der Waals surface area (Å²) in [5.41, 5.74) is 0.988. The molecule has 1 aliphatic rings. The van der Waals surface area contributed by atoms with E-state index in [2.05, 4.69) is 10.0 Å². The average molecular weight is 444 g/mol. The molecular weight excluding hydrogens is 410 g/mol. The summed E-state index contributed by atoms with van der Waals surface area (Å²) in [5.74, 6) is -0.250. The Bertz CT molecular complexity index is 786. The minimum Gasteiger partial charge on any atom is -0.395 e. The van der Waals surface area contributed by atoms with E-state index < -0.39 is 34.3 Å². The smallest absolute Gasteiger partial charge is 0.240 e. The summed E-state index contributed by atoms with van der Waals surface area (Å²) in [7, 11) is -2.03. The number of rotatable bonds is 11. The maximum Gasteiger partial charge on any atom is 0.240 e. The number of aryl methyl sites for hydroxylation is 1. The Morgan fingerprint density at radius 3 is 2.30 bits per heavy atom. The minimum absolute atomic E-state index is 0.0293. The number of amides is 1. The molecule has 2 rings (SSSR count). The van der Waals surface area contributed by atoms with Crippen LogP contribution in [0.3, 0.4) is 0 Å². The van der Waals surface area contributed by atoms with Crippen LogP contribution in [0.25, 0.3) is 0 Å². The van der Waals surface area contributed by atoms with Crippen LogP contribution in [0.15, 0.2) is 29.2 Å². The fourth-order valence-corrected chi connectivity index (χ4v) is 4.85. The molecule has 5 N–H and O–H groups in total. The summed E-state index contributed by atoms with van der Waals surface area (Å²) >= 11 is 0. The van der Waals surface area contributed by atoms with E-state index >= 15 is 0 Å². The molecule has 30 heavy (non-hydrogen) atoms. The number of nitrogens with one attached hydrogen (secondary N) is 2. The van der Waals surface area contributed by atoms with Crippen molar-refractivity contribution in [3.63, 3.8) is 0 Å². The highest BCUT2D eigenvalue weighted by molar-refractivity contribution is 7.89. The molecule has 170 valence electrons. The van der Waals surface area contributed by atoms with Gasteiger partial charge in [-0.25, -0.2) is 13.1 Å². The molecule has 10 heteroatoms. The SMILES string of the molecule is CNC(=O)C[C@@H]1[C@H](O)[C@H](O)[C@@H](CO)N1CCCCCNS(=O)(=O)c1ccc(C)cc1. The van der Waals surface area contributed by atoms with Gasteiger partial charge in [-0.05, 0) is 38.4 Å². The molecule has 0 aromatic heterocycles. The summed E-state index contributed by atoms with van der Waals surface area (Å²) in [6, 6.07) is 5.44. The molecular formula is C20H33N3O6S. The fourth-order valence-electron chi connectivity index (χ4n) is 3.77. The summed E-state index contributed by atoms with van der Waals surface area (Å²) in [5, 5.41) is 32.6. The highest BCUT2D eigenvalue weighted by Crippen LogP contribution is 2.28. The Balaban J connectivity index is 1.81. The zero-order chi connectivity index (χ0) is 22.3. The molecule has 4 atom stereocenters. The van der Waals surface area contributed by atoms with Gasteiger partial charge in [-0.2, -0.15) is 0 Å². The van der Waals surface area contributed by atoms with E-state index in [0.717, 1.165) is 5.56 Å². The highest BCUT2D eigenvalue weighted by atomic mass is 32.2. The third kappa shape index (κ3) is 6.22. The number of benzene rings is 1. The Morgan fingerprint density at radius 2 is 1.70 bits per heavy atom. The van der Waals surface area contributed by atoms with Gasteiger partial charge in [0.25, 0.3) is 0 Å². The van der Waals surface area contributed by atoms with Crippen LogP contribution in [0.5, 0.6) is 0 Å². The second kappa shape index (κ2) is 11.2. The van der Waals surface area contributed by atoms with Crippen molar-refractivity contribution < 1.29 is 28.5 Å². The number of sulfonamides is 1. The van der Waals surface area contributed by atoms with E-state index in [1.807, 2.05) is 6.92 Å². The van der Waals surface area contributed by atoms with Crippen molar-refractivity contribution in [1.82, 2.24) is 14.9 Å². The van der Waals surface area contributed by atoms with E-state index in [-0.39, 0.29) is 23.8 Å². The van der Waals surface area contributed by atoms with Crippen LogP contribution in [-0.4, -0.2) is 85.6 Å². The van der Waals surface area contributed by atoms with E-state index in [0.29, 0.717) is 32.4 Å². The molecule has 0 saturated carbocycles. The van der Waals surface area contributed by atoms with Gasteiger partial charge in [-0.1, -0.05) is 24.1 Å². The van der Waals surface area contributed by atoms with Crippen LogP contribution in [0.1, 0.15) is 31.2 Å². The van der Waals surface area contributed by atoms with Gasteiger partial charge < -0.3 is 20.6 Å². The highest BCUT2D eigenvalue weighted by Gasteiger charge is 2.47. The van der Waals surface area contributed by atoms with Gasteiger partial charge in [0.05, 0.1) is 29.8 Å². The lowest BCUT2D eigenvalue weighted by atomic mass is 10.1. The normalized spacial score (nSPS) is 24.8. The first-order chi connectivity index (χ1) is 14.2. The van der Waals surface area contributed by atoms with Gasteiger partial charge in [0.2, 0.25) is 15.9 Å². The molecule has 0 radical (unpaired) electrons. The van der Waals surface area contributed by atoms with Crippen molar-refractivity contribution in [1.29, 1.82) is 0 Å². The predicted octanol–water partition coefficient (Wildman–Crippen LogP) is -0.653. The maximum absolute atomic E-state index is 12.3. The van der Waals surface area contributed by atoms with E-state index in [1.54, 1.807) is 29.2 Å². The lowest BCUT2D eigenvalue weighted by Gasteiger charge is -2.29. The van der Waals surface area contributed by atoms with Crippen LogP contribution in [0.4, 0.5) is 0 Å². The summed E-state index contributed by atoms with van der Waals surface area (Å²) in [4.78, 5) is 13.8. The third-order valence-corrected chi connectivity index (χ3v) is 7.04. The number of hydrogen-bond acceptors (Lipinski definition) is 7. The predicted molar refractivity (Wildman–Crippen MR) is 112 cm³/mol. The van der Waals surface area contributed by atoms with E-state index in [4.69, 9.17) is 0 Å². The molecule has 1 amide bonds. The van der Waals surface area contributed by atoms with Crippen LogP contribution < -0.4 is 10.0 Å².